The van der Waals surface area contributed by atoms with Crippen LogP contribution in [0, 0.1) is 10.1 Å². The summed E-state index contributed by atoms with van der Waals surface area (Å²) in [7, 11) is 3.26. The lowest BCUT2D eigenvalue weighted by Gasteiger charge is -2.22. The van der Waals surface area contributed by atoms with Crippen LogP contribution in [0.5, 0.6) is 5.75 Å². The SMILES string of the molecule is COc1ccc(CN(C)C(C)CO)cc1[N+](=O)[O-]. The van der Waals surface area contributed by atoms with E-state index in [1.54, 1.807) is 12.1 Å². The quantitative estimate of drug-likeness (QED) is 0.613. The predicted octanol–water partition coefficient (Wildman–Crippen LogP) is 1.42. The Hall–Kier alpha value is -1.66. The lowest BCUT2D eigenvalue weighted by molar-refractivity contribution is -0.385. The Morgan fingerprint density at radius 1 is 1.56 bits per heavy atom. The molecule has 18 heavy (non-hydrogen) atoms. The summed E-state index contributed by atoms with van der Waals surface area (Å²) in [6.07, 6.45) is 0. The van der Waals surface area contributed by atoms with Gasteiger partial charge in [0.25, 0.3) is 0 Å². The van der Waals surface area contributed by atoms with Crippen molar-refractivity contribution in [1.82, 2.24) is 4.90 Å². The normalized spacial score (nSPS) is 12.5. The lowest BCUT2D eigenvalue weighted by Crippen LogP contribution is -2.31. The van der Waals surface area contributed by atoms with E-state index in [0.29, 0.717) is 6.54 Å². The van der Waals surface area contributed by atoms with Crippen molar-refractivity contribution >= 4 is 5.69 Å². The van der Waals surface area contributed by atoms with Crippen molar-refractivity contribution in [1.29, 1.82) is 0 Å². The number of aliphatic hydroxyl groups is 1. The van der Waals surface area contributed by atoms with Crippen molar-refractivity contribution in [3.63, 3.8) is 0 Å². The molecule has 0 aromatic heterocycles. The number of nitrogens with zero attached hydrogens (tertiary/aromatic N) is 2. The van der Waals surface area contributed by atoms with Crippen LogP contribution in [-0.4, -0.2) is 41.7 Å². The molecule has 1 rings (SSSR count). The highest BCUT2D eigenvalue weighted by Crippen LogP contribution is 2.27. The molecule has 0 saturated carbocycles. The first kappa shape index (κ1) is 14.4. The molecule has 0 saturated heterocycles. The molecule has 1 aromatic rings. The fourth-order valence-corrected chi connectivity index (χ4v) is 1.56. The van der Waals surface area contributed by atoms with Crippen molar-refractivity contribution in [3.05, 3.63) is 33.9 Å². The summed E-state index contributed by atoms with van der Waals surface area (Å²) in [5, 5.41) is 19.9. The van der Waals surface area contributed by atoms with E-state index in [1.807, 2.05) is 18.9 Å². The van der Waals surface area contributed by atoms with E-state index in [-0.39, 0.29) is 24.1 Å². The maximum atomic E-state index is 10.9. The molecule has 100 valence electrons. The van der Waals surface area contributed by atoms with Crippen molar-refractivity contribution in [2.24, 2.45) is 0 Å². The van der Waals surface area contributed by atoms with E-state index >= 15 is 0 Å². The summed E-state index contributed by atoms with van der Waals surface area (Å²) in [5.74, 6) is 0.251. The fraction of sp³-hybridized carbons (Fsp3) is 0.500. The molecule has 6 nitrogen and oxygen atoms in total. The largest absolute Gasteiger partial charge is 0.490 e. The highest BCUT2D eigenvalue weighted by atomic mass is 16.6. The van der Waals surface area contributed by atoms with Gasteiger partial charge in [0.05, 0.1) is 18.6 Å². The predicted molar refractivity (Wildman–Crippen MR) is 67.7 cm³/mol. The van der Waals surface area contributed by atoms with Crippen LogP contribution in [-0.2, 0) is 6.54 Å². The number of hydrogen-bond donors (Lipinski definition) is 1. The number of nitro groups is 1. The number of ether oxygens (including phenoxy) is 1. The third kappa shape index (κ3) is 3.41. The molecule has 0 aliphatic carbocycles. The summed E-state index contributed by atoms with van der Waals surface area (Å²) in [5.41, 5.74) is 0.769. The van der Waals surface area contributed by atoms with Crippen molar-refractivity contribution in [2.45, 2.75) is 19.5 Å². The summed E-state index contributed by atoms with van der Waals surface area (Å²) >= 11 is 0. The summed E-state index contributed by atoms with van der Waals surface area (Å²) in [6.45, 7) is 2.47. The van der Waals surface area contributed by atoms with Crippen LogP contribution >= 0.6 is 0 Å². The van der Waals surface area contributed by atoms with Gasteiger partial charge in [-0.25, -0.2) is 0 Å². The lowest BCUT2D eigenvalue weighted by atomic mass is 10.1. The third-order valence-electron chi connectivity index (χ3n) is 2.89. The molecule has 0 aliphatic rings. The Kier molecular flexibility index (Phi) is 5.06. The van der Waals surface area contributed by atoms with E-state index < -0.39 is 4.92 Å². The zero-order valence-electron chi connectivity index (χ0n) is 10.8. The minimum absolute atomic E-state index is 0.00570. The number of likely N-dealkylation sites (N-methyl/N-ethyl adjacent to an activating group) is 1. The topological polar surface area (TPSA) is 75.8 Å². The summed E-state index contributed by atoms with van der Waals surface area (Å²) in [6, 6.07) is 4.88. The smallest absolute Gasteiger partial charge is 0.311 e. The second kappa shape index (κ2) is 6.32. The number of rotatable bonds is 6. The molecular formula is C12H18N2O4. The zero-order valence-corrected chi connectivity index (χ0v) is 10.8. The maximum Gasteiger partial charge on any atom is 0.311 e. The van der Waals surface area contributed by atoms with Gasteiger partial charge in [0, 0.05) is 18.7 Å². The van der Waals surface area contributed by atoms with E-state index in [4.69, 9.17) is 9.84 Å². The van der Waals surface area contributed by atoms with Gasteiger partial charge < -0.3 is 9.84 Å². The Balaban J connectivity index is 2.91. The van der Waals surface area contributed by atoms with Crippen LogP contribution in [0.3, 0.4) is 0 Å². The second-order valence-corrected chi connectivity index (χ2v) is 4.21. The van der Waals surface area contributed by atoms with Crippen LogP contribution in [0.1, 0.15) is 12.5 Å². The molecule has 6 heteroatoms. The van der Waals surface area contributed by atoms with Gasteiger partial charge in [-0.1, -0.05) is 6.07 Å². The molecule has 0 heterocycles. The monoisotopic (exact) mass is 254 g/mol. The second-order valence-electron chi connectivity index (χ2n) is 4.21. The molecule has 1 unspecified atom stereocenters. The summed E-state index contributed by atoms with van der Waals surface area (Å²) in [4.78, 5) is 12.3. The van der Waals surface area contributed by atoms with E-state index in [1.165, 1.54) is 13.2 Å². The molecule has 1 atom stereocenters. The van der Waals surface area contributed by atoms with Gasteiger partial charge in [-0.2, -0.15) is 0 Å². The average molecular weight is 254 g/mol. The van der Waals surface area contributed by atoms with E-state index in [9.17, 15) is 10.1 Å². The van der Waals surface area contributed by atoms with Crippen LogP contribution in [0.4, 0.5) is 5.69 Å². The van der Waals surface area contributed by atoms with Gasteiger partial charge in [-0.3, -0.25) is 15.0 Å². The highest BCUT2D eigenvalue weighted by Gasteiger charge is 2.16. The first-order chi connectivity index (χ1) is 8.49. The maximum absolute atomic E-state index is 10.9. The van der Waals surface area contributed by atoms with E-state index in [2.05, 4.69) is 0 Å². The van der Waals surface area contributed by atoms with Crippen molar-refractivity contribution in [2.75, 3.05) is 20.8 Å². The number of methoxy groups -OCH3 is 1. The summed E-state index contributed by atoms with van der Waals surface area (Å²) < 4.78 is 4.94. The minimum Gasteiger partial charge on any atom is -0.490 e. The van der Waals surface area contributed by atoms with Gasteiger partial charge >= 0.3 is 5.69 Å². The Morgan fingerprint density at radius 2 is 2.22 bits per heavy atom. The van der Waals surface area contributed by atoms with Crippen LogP contribution in [0.25, 0.3) is 0 Å². The first-order valence-corrected chi connectivity index (χ1v) is 5.62. The minimum atomic E-state index is -0.461. The molecule has 1 N–H and O–H groups in total. The Bertz CT molecular complexity index is 423. The Labute approximate surface area is 106 Å². The molecule has 0 spiro atoms. The van der Waals surface area contributed by atoms with Crippen LogP contribution in [0.2, 0.25) is 0 Å². The molecule has 0 bridgehead atoms. The standard InChI is InChI=1S/C12H18N2O4/c1-9(8-15)13(2)7-10-4-5-12(18-3)11(6-10)14(16)17/h4-6,9,15H,7-8H2,1-3H3. The number of benzene rings is 1. The molecular weight excluding hydrogens is 236 g/mol. The van der Waals surface area contributed by atoms with Crippen molar-refractivity contribution < 1.29 is 14.8 Å². The van der Waals surface area contributed by atoms with Crippen LogP contribution < -0.4 is 4.74 Å². The molecule has 0 fully saturated rings. The number of nitro benzene ring substituents is 1. The molecule has 0 amide bonds. The van der Waals surface area contributed by atoms with Gasteiger partial charge in [0.15, 0.2) is 5.75 Å². The van der Waals surface area contributed by atoms with Gasteiger partial charge in [-0.05, 0) is 25.6 Å². The number of hydrogen-bond acceptors (Lipinski definition) is 5. The molecule has 0 aliphatic heterocycles. The third-order valence-corrected chi connectivity index (χ3v) is 2.89. The molecule has 0 radical (unpaired) electrons. The van der Waals surface area contributed by atoms with E-state index in [0.717, 1.165) is 5.56 Å². The van der Waals surface area contributed by atoms with Crippen molar-refractivity contribution in [3.8, 4) is 5.75 Å². The first-order valence-electron chi connectivity index (χ1n) is 5.62. The molecule has 1 aromatic carbocycles. The van der Waals surface area contributed by atoms with Crippen LogP contribution in [0.15, 0.2) is 18.2 Å². The van der Waals surface area contributed by atoms with Gasteiger partial charge in [0.1, 0.15) is 0 Å². The number of aliphatic hydroxyl groups excluding tert-OH is 1. The van der Waals surface area contributed by atoms with Gasteiger partial charge in [0.2, 0.25) is 0 Å². The zero-order chi connectivity index (χ0) is 13.7. The Morgan fingerprint density at radius 3 is 2.72 bits per heavy atom. The average Bonchev–Trinajstić information content (AvgIpc) is 2.37. The van der Waals surface area contributed by atoms with Gasteiger partial charge in [-0.15, -0.1) is 0 Å². The fourth-order valence-electron chi connectivity index (χ4n) is 1.56. The highest BCUT2D eigenvalue weighted by molar-refractivity contribution is 5.48.